The van der Waals surface area contributed by atoms with Gasteiger partial charge in [-0.3, -0.25) is 14.4 Å². The normalized spacial score (nSPS) is 19.3. The summed E-state index contributed by atoms with van der Waals surface area (Å²) in [4.78, 5) is 12.2. The molecule has 102 valence electrons. The number of hydrogen-bond acceptors (Lipinski definition) is 2. The third-order valence-electron chi connectivity index (χ3n) is 3.04. The zero-order chi connectivity index (χ0) is 13.6. The van der Waals surface area contributed by atoms with Crippen LogP contribution in [0, 0.1) is 7.14 Å². The molecule has 0 bridgehead atoms. The second-order valence-corrected chi connectivity index (χ2v) is 9.29. The lowest BCUT2D eigenvalue weighted by atomic mass is 10.2. The lowest BCUT2D eigenvalue weighted by molar-refractivity contribution is 0.0977. The zero-order valence-electron chi connectivity index (χ0n) is 9.97. The first-order chi connectivity index (χ1) is 9.00. The second kappa shape index (κ2) is 5.25. The first kappa shape index (κ1) is 14.2. The molecule has 1 N–H and O–H groups in total. The molecule has 1 aromatic rings. The molecule has 8 heteroatoms. The lowest BCUT2D eigenvalue weighted by Gasteiger charge is -2.20. The van der Waals surface area contributed by atoms with Gasteiger partial charge in [-0.2, -0.15) is 0 Å². The fourth-order valence-corrected chi connectivity index (χ4v) is 4.93. The molecule has 0 spiro atoms. The highest BCUT2D eigenvalue weighted by molar-refractivity contribution is 14.1. The highest BCUT2D eigenvalue weighted by atomic mass is 127. The van der Waals surface area contributed by atoms with Crippen LogP contribution in [-0.4, -0.2) is 41.4 Å². The van der Waals surface area contributed by atoms with Crippen LogP contribution in [0.25, 0.3) is 0 Å². The zero-order valence-corrected chi connectivity index (χ0v) is 15.2. The van der Waals surface area contributed by atoms with Crippen LogP contribution in [-0.2, 0) is 4.57 Å². The number of benzene rings is 1. The van der Waals surface area contributed by atoms with Gasteiger partial charge < -0.3 is 0 Å². The van der Waals surface area contributed by atoms with E-state index in [-0.39, 0.29) is 5.91 Å². The van der Waals surface area contributed by atoms with E-state index in [9.17, 15) is 9.36 Å². The number of carbonyl (C=O) groups excluding carboxylic acids is 1. The van der Waals surface area contributed by atoms with Crippen molar-refractivity contribution in [1.82, 2.24) is 14.4 Å². The quantitative estimate of drug-likeness (QED) is 0.390. The van der Waals surface area contributed by atoms with Gasteiger partial charge >= 0.3 is 7.59 Å². The van der Waals surface area contributed by atoms with E-state index in [1.807, 2.05) is 21.5 Å². The summed E-state index contributed by atoms with van der Waals surface area (Å²) in [5.41, 5.74) is 0.564. The Kier molecular flexibility index (Phi) is 3.94. The Bertz CT molecular complexity index is 571. The van der Waals surface area contributed by atoms with E-state index < -0.39 is 7.59 Å². The van der Waals surface area contributed by atoms with E-state index in [4.69, 9.17) is 0 Å². The fourth-order valence-electron chi connectivity index (χ4n) is 1.79. The van der Waals surface area contributed by atoms with Crippen LogP contribution in [0.4, 0.5) is 0 Å². The molecule has 0 radical (unpaired) electrons. The van der Waals surface area contributed by atoms with E-state index >= 15 is 0 Å². The minimum Gasteiger partial charge on any atom is -0.279 e. The number of carbonyl (C=O) groups is 1. The molecule has 2 heterocycles. The predicted molar refractivity (Wildman–Crippen MR) is 90.1 cm³/mol. The lowest BCUT2D eigenvalue weighted by Crippen LogP contribution is -2.27. The van der Waals surface area contributed by atoms with Gasteiger partial charge in [-0.1, -0.05) is 0 Å². The largest absolute Gasteiger partial charge is 0.311 e. The van der Waals surface area contributed by atoms with E-state index in [0.717, 1.165) is 33.3 Å². The van der Waals surface area contributed by atoms with Gasteiger partial charge in [0.15, 0.2) is 0 Å². The van der Waals surface area contributed by atoms with Gasteiger partial charge in [0, 0.05) is 38.9 Å². The summed E-state index contributed by atoms with van der Waals surface area (Å²) >= 11 is 4.42. The van der Waals surface area contributed by atoms with Crippen LogP contribution in [0.1, 0.15) is 10.4 Å². The number of rotatable bonds is 4. The molecular weight excluding hydrogens is 491 g/mol. The van der Waals surface area contributed by atoms with Crippen molar-refractivity contribution in [1.29, 1.82) is 0 Å². The Morgan fingerprint density at radius 2 is 1.68 bits per heavy atom. The van der Waals surface area contributed by atoms with Crippen LogP contribution in [0.5, 0.6) is 0 Å². The van der Waals surface area contributed by atoms with Gasteiger partial charge in [-0.05, 0) is 63.4 Å². The Hall–Kier alpha value is 0.300. The average molecular weight is 503 g/mol. The molecule has 2 fully saturated rings. The highest BCUT2D eigenvalue weighted by Gasteiger charge is 2.49. The highest BCUT2D eigenvalue weighted by Crippen LogP contribution is 2.56. The topological polar surface area (TPSA) is 52.2 Å². The SMILES string of the molecule is O=C(NP(=O)(N1CC1)N1CC1)c1ccc(I)c(I)c1. The van der Waals surface area contributed by atoms with Crippen LogP contribution < -0.4 is 5.09 Å². The van der Waals surface area contributed by atoms with Crippen molar-refractivity contribution in [2.24, 2.45) is 0 Å². The third kappa shape index (κ3) is 2.99. The molecule has 2 aliphatic rings. The monoisotopic (exact) mass is 503 g/mol. The summed E-state index contributed by atoms with van der Waals surface area (Å²) < 4.78 is 18.6. The van der Waals surface area contributed by atoms with Crippen molar-refractivity contribution in [2.75, 3.05) is 26.2 Å². The van der Waals surface area contributed by atoms with Crippen molar-refractivity contribution in [3.05, 3.63) is 30.9 Å². The Morgan fingerprint density at radius 3 is 2.16 bits per heavy atom. The van der Waals surface area contributed by atoms with E-state index in [1.165, 1.54) is 0 Å². The summed E-state index contributed by atoms with van der Waals surface area (Å²) in [6, 6.07) is 5.50. The van der Waals surface area contributed by atoms with Crippen LogP contribution >= 0.6 is 52.8 Å². The molecule has 2 aliphatic heterocycles. The van der Waals surface area contributed by atoms with Crippen LogP contribution in [0.15, 0.2) is 18.2 Å². The minimum atomic E-state index is -2.83. The second-order valence-electron chi connectivity index (χ2n) is 4.52. The van der Waals surface area contributed by atoms with Gasteiger partial charge in [0.25, 0.3) is 5.91 Å². The predicted octanol–water partition coefficient (Wildman–Crippen LogP) is 2.36. The molecule has 0 unspecified atom stereocenters. The van der Waals surface area contributed by atoms with Gasteiger partial charge in [0.05, 0.1) is 0 Å². The molecule has 19 heavy (non-hydrogen) atoms. The number of halogens is 2. The van der Waals surface area contributed by atoms with Crippen molar-refractivity contribution in [2.45, 2.75) is 0 Å². The molecule has 0 atom stereocenters. The maximum Gasteiger partial charge on any atom is 0.311 e. The van der Waals surface area contributed by atoms with Gasteiger partial charge in [-0.15, -0.1) is 0 Å². The molecule has 3 rings (SSSR count). The molecule has 0 saturated carbocycles. The Labute approximate surface area is 138 Å². The average Bonchev–Trinajstić information content (AvgIpc) is 3.23. The number of hydrogen-bond donors (Lipinski definition) is 1. The molecule has 1 aromatic carbocycles. The van der Waals surface area contributed by atoms with Crippen LogP contribution in [0.3, 0.4) is 0 Å². The van der Waals surface area contributed by atoms with E-state index in [2.05, 4.69) is 50.3 Å². The summed E-state index contributed by atoms with van der Waals surface area (Å²) in [7, 11) is -2.83. The molecule has 0 aromatic heterocycles. The standard InChI is InChI=1S/C11H12I2N3O2P/c12-9-2-1-8(7-10(9)13)11(17)14-19(18,15-3-4-15)16-5-6-16/h1-2,7H,3-6H2,(H,14,17,18). The number of nitrogens with zero attached hydrogens (tertiary/aromatic N) is 2. The van der Waals surface area contributed by atoms with E-state index in [1.54, 1.807) is 6.07 Å². The van der Waals surface area contributed by atoms with Crippen molar-refractivity contribution in [3.8, 4) is 0 Å². The van der Waals surface area contributed by atoms with Crippen molar-refractivity contribution >= 4 is 58.7 Å². The molecular formula is C11H12I2N3O2P. The van der Waals surface area contributed by atoms with Crippen molar-refractivity contribution in [3.63, 3.8) is 0 Å². The maximum absolute atomic E-state index is 12.8. The Balaban J connectivity index is 1.80. The smallest absolute Gasteiger partial charge is 0.279 e. The van der Waals surface area contributed by atoms with E-state index in [0.29, 0.717) is 5.56 Å². The first-order valence-corrected chi connectivity index (χ1v) is 9.66. The third-order valence-corrected chi connectivity index (χ3v) is 8.74. The number of nitrogens with one attached hydrogen (secondary N) is 1. The molecule has 2 saturated heterocycles. The van der Waals surface area contributed by atoms with Gasteiger partial charge in [0.2, 0.25) is 0 Å². The summed E-state index contributed by atoms with van der Waals surface area (Å²) in [6.45, 7) is 3.22. The summed E-state index contributed by atoms with van der Waals surface area (Å²) in [5.74, 6) is -0.253. The summed E-state index contributed by atoms with van der Waals surface area (Å²) in [6.07, 6.45) is 0. The Morgan fingerprint density at radius 1 is 1.11 bits per heavy atom. The van der Waals surface area contributed by atoms with Crippen LogP contribution in [0.2, 0.25) is 0 Å². The number of amides is 1. The maximum atomic E-state index is 12.8. The first-order valence-electron chi connectivity index (χ1n) is 5.89. The van der Waals surface area contributed by atoms with Gasteiger partial charge in [0.1, 0.15) is 0 Å². The fraction of sp³-hybridized carbons (Fsp3) is 0.364. The summed E-state index contributed by atoms with van der Waals surface area (Å²) in [5, 5.41) is 2.74. The molecule has 5 nitrogen and oxygen atoms in total. The van der Waals surface area contributed by atoms with Gasteiger partial charge in [-0.25, -0.2) is 9.34 Å². The molecule has 0 aliphatic carbocycles. The molecule has 1 amide bonds. The van der Waals surface area contributed by atoms with Crippen molar-refractivity contribution < 1.29 is 9.36 Å². The minimum absolute atomic E-state index is 0.253.